The molecule has 1 N–H and O–H groups in total. The average Bonchev–Trinajstić information content (AvgIpc) is 3.23. The number of hydrogen-bond donors (Lipinski definition) is 1. The van der Waals surface area contributed by atoms with Gasteiger partial charge in [0.2, 0.25) is 5.89 Å². The summed E-state index contributed by atoms with van der Waals surface area (Å²) >= 11 is 0. The van der Waals surface area contributed by atoms with Gasteiger partial charge in [-0.2, -0.15) is 0 Å². The molecule has 2 aromatic carbocycles. The highest BCUT2D eigenvalue weighted by Crippen LogP contribution is 2.17. The van der Waals surface area contributed by atoms with Crippen molar-refractivity contribution < 1.29 is 22.4 Å². The summed E-state index contributed by atoms with van der Waals surface area (Å²) in [6, 6.07) is 14.9. The van der Waals surface area contributed by atoms with Crippen LogP contribution in [-0.2, 0) is 16.3 Å². The van der Waals surface area contributed by atoms with Crippen molar-refractivity contribution in [2.45, 2.75) is 37.5 Å². The number of nitrogens with zero attached hydrogens (tertiary/aromatic N) is 2. The van der Waals surface area contributed by atoms with Crippen LogP contribution >= 0.6 is 0 Å². The summed E-state index contributed by atoms with van der Waals surface area (Å²) in [4.78, 5) is 12.7. The molecule has 1 amide bonds. The first kappa shape index (κ1) is 22.5. The summed E-state index contributed by atoms with van der Waals surface area (Å²) < 4.78 is 35.7. The molecule has 0 bridgehead atoms. The van der Waals surface area contributed by atoms with E-state index in [1.54, 1.807) is 42.5 Å². The second kappa shape index (κ2) is 10.7. The van der Waals surface area contributed by atoms with Crippen molar-refractivity contribution in [3.63, 3.8) is 0 Å². The number of amides is 1. The summed E-state index contributed by atoms with van der Waals surface area (Å²) in [5.41, 5.74) is 0.388. The SMILES string of the molecule is CCCCCOc1cccc(C(=O)Nc2nnc(CCS(=O)(=O)c3ccccc3)o2)c1. The van der Waals surface area contributed by atoms with Crippen LogP contribution in [0.3, 0.4) is 0 Å². The van der Waals surface area contributed by atoms with E-state index in [0.29, 0.717) is 17.9 Å². The molecule has 0 spiro atoms. The van der Waals surface area contributed by atoms with E-state index in [4.69, 9.17) is 9.15 Å². The summed E-state index contributed by atoms with van der Waals surface area (Å²) in [7, 11) is -3.46. The molecule has 0 radical (unpaired) electrons. The van der Waals surface area contributed by atoms with Gasteiger partial charge in [0, 0.05) is 12.0 Å². The van der Waals surface area contributed by atoms with Gasteiger partial charge in [0.05, 0.1) is 17.3 Å². The van der Waals surface area contributed by atoms with Crippen LogP contribution in [0.1, 0.15) is 42.4 Å². The summed E-state index contributed by atoms with van der Waals surface area (Å²) in [6.07, 6.45) is 3.20. The fourth-order valence-electron chi connectivity index (χ4n) is 2.81. The predicted molar refractivity (Wildman–Crippen MR) is 116 cm³/mol. The van der Waals surface area contributed by atoms with Gasteiger partial charge in [0.25, 0.3) is 5.91 Å². The van der Waals surface area contributed by atoms with Gasteiger partial charge < -0.3 is 9.15 Å². The lowest BCUT2D eigenvalue weighted by atomic mass is 10.2. The van der Waals surface area contributed by atoms with Crippen molar-refractivity contribution in [1.29, 1.82) is 0 Å². The Morgan fingerprint density at radius 1 is 1.06 bits per heavy atom. The lowest BCUT2D eigenvalue weighted by molar-refractivity contribution is 0.102. The molecule has 0 aliphatic heterocycles. The number of sulfone groups is 1. The third kappa shape index (κ3) is 6.65. The maximum Gasteiger partial charge on any atom is 0.322 e. The predicted octanol–water partition coefficient (Wildman–Crippen LogP) is 3.91. The molecule has 0 saturated heterocycles. The van der Waals surface area contributed by atoms with E-state index < -0.39 is 15.7 Å². The van der Waals surface area contributed by atoms with Gasteiger partial charge in [0.15, 0.2) is 9.84 Å². The smallest absolute Gasteiger partial charge is 0.322 e. The Balaban J connectivity index is 1.55. The number of aryl methyl sites for hydroxylation is 1. The lowest BCUT2D eigenvalue weighted by Crippen LogP contribution is -2.12. The van der Waals surface area contributed by atoms with Crippen LogP contribution < -0.4 is 10.1 Å². The first-order valence-corrected chi connectivity index (χ1v) is 11.8. The second-order valence-corrected chi connectivity index (χ2v) is 9.03. The summed E-state index contributed by atoms with van der Waals surface area (Å²) in [5, 5.41) is 10.1. The van der Waals surface area contributed by atoms with Gasteiger partial charge in [-0.05, 0) is 36.8 Å². The number of nitrogens with one attached hydrogen (secondary N) is 1. The normalized spacial score (nSPS) is 11.3. The average molecular weight is 444 g/mol. The molecule has 0 unspecified atom stereocenters. The monoisotopic (exact) mass is 443 g/mol. The van der Waals surface area contributed by atoms with E-state index in [0.717, 1.165) is 19.3 Å². The fraction of sp³-hybridized carbons (Fsp3) is 0.318. The molecule has 0 fully saturated rings. The second-order valence-electron chi connectivity index (χ2n) is 6.92. The van der Waals surface area contributed by atoms with E-state index in [9.17, 15) is 13.2 Å². The number of carbonyl (C=O) groups is 1. The van der Waals surface area contributed by atoms with Crippen LogP contribution in [0.4, 0.5) is 6.01 Å². The van der Waals surface area contributed by atoms with Crippen LogP contribution in [0.25, 0.3) is 0 Å². The van der Waals surface area contributed by atoms with Gasteiger partial charge in [-0.25, -0.2) is 8.42 Å². The molecule has 31 heavy (non-hydrogen) atoms. The highest BCUT2D eigenvalue weighted by atomic mass is 32.2. The summed E-state index contributed by atoms with van der Waals surface area (Å²) in [5.74, 6) is 0.138. The standard InChI is InChI=1S/C22H25N3O5S/c1-2-3-7-14-29-18-10-8-9-17(16-18)21(26)23-22-25-24-20(30-22)13-15-31(27,28)19-11-5-4-6-12-19/h4-6,8-12,16H,2-3,7,13-15H2,1H3,(H,23,25,26). The topological polar surface area (TPSA) is 111 Å². The molecule has 3 rings (SSSR count). The van der Waals surface area contributed by atoms with Crippen LogP contribution in [0.5, 0.6) is 5.75 Å². The molecular formula is C22H25N3O5S. The number of hydrogen-bond acceptors (Lipinski definition) is 7. The van der Waals surface area contributed by atoms with Gasteiger partial charge in [-0.1, -0.05) is 49.1 Å². The van der Waals surface area contributed by atoms with E-state index in [1.807, 2.05) is 0 Å². The number of aromatic nitrogens is 2. The molecule has 0 saturated carbocycles. The van der Waals surface area contributed by atoms with Gasteiger partial charge in [0.1, 0.15) is 5.75 Å². The first-order valence-electron chi connectivity index (χ1n) is 10.1. The number of rotatable bonds is 11. The minimum Gasteiger partial charge on any atom is -0.494 e. The highest BCUT2D eigenvalue weighted by Gasteiger charge is 2.17. The number of carbonyl (C=O) groups excluding carboxylic acids is 1. The Labute approximate surface area is 181 Å². The van der Waals surface area contributed by atoms with E-state index in [1.165, 1.54) is 12.1 Å². The molecule has 1 aromatic heterocycles. The Bertz CT molecular complexity index is 1100. The zero-order valence-electron chi connectivity index (χ0n) is 17.3. The Kier molecular flexibility index (Phi) is 7.77. The number of anilines is 1. The van der Waals surface area contributed by atoms with Crippen molar-refractivity contribution in [3.05, 3.63) is 66.1 Å². The maximum atomic E-state index is 12.5. The van der Waals surface area contributed by atoms with Gasteiger partial charge in [-0.3, -0.25) is 10.1 Å². The Morgan fingerprint density at radius 3 is 2.65 bits per heavy atom. The zero-order valence-corrected chi connectivity index (χ0v) is 18.1. The molecule has 164 valence electrons. The van der Waals surface area contributed by atoms with Crippen molar-refractivity contribution in [2.75, 3.05) is 17.7 Å². The molecular weight excluding hydrogens is 418 g/mol. The number of ether oxygens (including phenoxy) is 1. The van der Waals surface area contributed by atoms with Crippen LogP contribution in [0, 0.1) is 0 Å². The van der Waals surface area contributed by atoms with Crippen LogP contribution in [-0.4, -0.2) is 36.9 Å². The maximum absolute atomic E-state index is 12.5. The third-order valence-electron chi connectivity index (χ3n) is 4.49. The number of benzene rings is 2. The number of unbranched alkanes of at least 4 members (excludes halogenated alkanes) is 2. The molecule has 8 nitrogen and oxygen atoms in total. The van der Waals surface area contributed by atoms with Crippen LogP contribution in [0.2, 0.25) is 0 Å². The molecule has 1 heterocycles. The molecule has 9 heteroatoms. The zero-order chi connectivity index (χ0) is 22.1. The Hall–Kier alpha value is -3.20. The van der Waals surface area contributed by atoms with Crippen molar-refractivity contribution in [3.8, 4) is 5.75 Å². The van der Waals surface area contributed by atoms with Crippen molar-refractivity contribution in [1.82, 2.24) is 10.2 Å². The van der Waals surface area contributed by atoms with E-state index >= 15 is 0 Å². The quantitative estimate of drug-likeness (QED) is 0.447. The fourth-order valence-corrected chi connectivity index (χ4v) is 4.06. The molecule has 3 aromatic rings. The van der Waals surface area contributed by atoms with Crippen LogP contribution in [0.15, 0.2) is 63.9 Å². The molecule has 0 aliphatic carbocycles. The Morgan fingerprint density at radius 2 is 1.87 bits per heavy atom. The largest absolute Gasteiger partial charge is 0.494 e. The minimum absolute atomic E-state index is 0.0428. The van der Waals surface area contributed by atoms with E-state index in [-0.39, 0.29) is 29.0 Å². The summed E-state index contributed by atoms with van der Waals surface area (Å²) in [6.45, 7) is 2.72. The third-order valence-corrected chi connectivity index (χ3v) is 6.22. The first-order chi connectivity index (χ1) is 15.0. The van der Waals surface area contributed by atoms with Crippen molar-refractivity contribution in [2.24, 2.45) is 0 Å². The van der Waals surface area contributed by atoms with E-state index in [2.05, 4.69) is 22.4 Å². The van der Waals surface area contributed by atoms with Crippen molar-refractivity contribution >= 4 is 21.8 Å². The van der Waals surface area contributed by atoms with Gasteiger partial charge >= 0.3 is 6.01 Å². The minimum atomic E-state index is -3.46. The van der Waals surface area contributed by atoms with Gasteiger partial charge in [-0.15, -0.1) is 5.10 Å². The lowest BCUT2D eigenvalue weighted by Gasteiger charge is -2.07. The highest BCUT2D eigenvalue weighted by molar-refractivity contribution is 7.91. The molecule has 0 atom stereocenters. The molecule has 0 aliphatic rings.